The number of hydrogen-bond donors (Lipinski definition) is 1. The van der Waals surface area contributed by atoms with E-state index < -0.39 is 0 Å². The van der Waals surface area contributed by atoms with E-state index in [0.29, 0.717) is 6.04 Å². The SMILES string of the molecule is CCCC1CNC(CC(C)C)CN1Cc1cccs1. The molecule has 1 aromatic rings. The molecule has 3 heteroatoms. The fraction of sp³-hybridized carbons (Fsp3) is 0.750. The lowest BCUT2D eigenvalue weighted by Gasteiger charge is -2.41. The Morgan fingerprint density at radius 3 is 2.95 bits per heavy atom. The van der Waals surface area contributed by atoms with Crippen molar-refractivity contribution in [3.63, 3.8) is 0 Å². The van der Waals surface area contributed by atoms with Gasteiger partial charge in [-0.3, -0.25) is 4.90 Å². The average Bonchev–Trinajstić information content (AvgIpc) is 2.85. The van der Waals surface area contributed by atoms with Crippen molar-refractivity contribution >= 4 is 11.3 Å². The van der Waals surface area contributed by atoms with Crippen LogP contribution in [0.1, 0.15) is 44.9 Å². The largest absolute Gasteiger partial charge is 0.311 e. The smallest absolute Gasteiger partial charge is 0.0332 e. The van der Waals surface area contributed by atoms with Crippen molar-refractivity contribution < 1.29 is 0 Å². The van der Waals surface area contributed by atoms with Gasteiger partial charge in [-0.1, -0.05) is 33.3 Å². The third-order valence-corrected chi connectivity index (χ3v) is 4.79. The molecule has 1 aliphatic heterocycles. The Morgan fingerprint density at radius 2 is 2.32 bits per heavy atom. The summed E-state index contributed by atoms with van der Waals surface area (Å²) in [5, 5.41) is 5.95. The molecule has 1 N–H and O–H groups in total. The molecular formula is C16H28N2S. The molecule has 2 nitrogen and oxygen atoms in total. The maximum atomic E-state index is 3.76. The van der Waals surface area contributed by atoms with Crippen LogP contribution in [0.5, 0.6) is 0 Å². The number of piperazine rings is 1. The molecule has 1 saturated heterocycles. The normalized spacial score (nSPS) is 25.1. The van der Waals surface area contributed by atoms with Gasteiger partial charge in [0.2, 0.25) is 0 Å². The molecule has 0 spiro atoms. The highest BCUT2D eigenvalue weighted by Gasteiger charge is 2.27. The third kappa shape index (κ3) is 4.59. The van der Waals surface area contributed by atoms with Gasteiger partial charge in [0.15, 0.2) is 0 Å². The summed E-state index contributed by atoms with van der Waals surface area (Å²) in [6, 6.07) is 5.83. The van der Waals surface area contributed by atoms with Gasteiger partial charge < -0.3 is 5.32 Å². The second kappa shape index (κ2) is 7.41. The van der Waals surface area contributed by atoms with Crippen LogP contribution in [0.3, 0.4) is 0 Å². The van der Waals surface area contributed by atoms with Crippen LogP contribution in [0.25, 0.3) is 0 Å². The van der Waals surface area contributed by atoms with E-state index in [1.54, 1.807) is 0 Å². The van der Waals surface area contributed by atoms with Gasteiger partial charge in [0, 0.05) is 36.6 Å². The first-order valence-corrected chi connectivity index (χ1v) is 8.56. The topological polar surface area (TPSA) is 15.3 Å². The molecule has 0 saturated carbocycles. The Morgan fingerprint density at radius 1 is 1.47 bits per heavy atom. The van der Waals surface area contributed by atoms with Gasteiger partial charge >= 0.3 is 0 Å². The first kappa shape index (κ1) is 15.0. The van der Waals surface area contributed by atoms with E-state index in [-0.39, 0.29) is 0 Å². The van der Waals surface area contributed by atoms with Gasteiger partial charge in [-0.05, 0) is 30.2 Å². The van der Waals surface area contributed by atoms with Crippen molar-refractivity contribution in [3.05, 3.63) is 22.4 Å². The Labute approximate surface area is 122 Å². The van der Waals surface area contributed by atoms with Gasteiger partial charge in [0.1, 0.15) is 0 Å². The summed E-state index contributed by atoms with van der Waals surface area (Å²) >= 11 is 1.89. The van der Waals surface area contributed by atoms with Crippen LogP contribution in [-0.2, 0) is 6.54 Å². The maximum absolute atomic E-state index is 3.76. The molecule has 0 radical (unpaired) electrons. The minimum atomic E-state index is 0.674. The summed E-state index contributed by atoms with van der Waals surface area (Å²) in [5.41, 5.74) is 0. The van der Waals surface area contributed by atoms with Gasteiger partial charge in [-0.25, -0.2) is 0 Å². The summed E-state index contributed by atoms with van der Waals surface area (Å²) in [4.78, 5) is 4.21. The fourth-order valence-electron chi connectivity index (χ4n) is 3.07. The molecule has 108 valence electrons. The predicted octanol–water partition coefficient (Wildman–Crippen LogP) is 3.74. The van der Waals surface area contributed by atoms with Crippen LogP contribution >= 0.6 is 11.3 Å². The van der Waals surface area contributed by atoms with Gasteiger partial charge in [-0.15, -0.1) is 11.3 Å². The van der Waals surface area contributed by atoms with E-state index in [4.69, 9.17) is 0 Å². The lowest BCUT2D eigenvalue weighted by atomic mass is 9.98. The second-order valence-corrected chi connectivity index (χ2v) is 7.22. The second-order valence-electron chi connectivity index (χ2n) is 6.19. The molecule has 19 heavy (non-hydrogen) atoms. The standard InChI is InChI=1S/C16H28N2S/c1-4-6-15-10-17-14(9-13(2)3)11-18(15)12-16-7-5-8-19-16/h5,7-8,13-15,17H,4,6,9-12H2,1-3H3. The number of nitrogens with one attached hydrogen (secondary N) is 1. The first-order chi connectivity index (χ1) is 9.19. The summed E-state index contributed by atoms with van der Waals surface area (Å²) in [6.45, 7) is 10.5. The quantitative estimate of drug-likeness (QED) is 0.854. The predicted molar refractivity (Wildman–Crippen MR) is 84.7 cm³/mol. The van der Waals surface area contributed by atoms with E-state index in [2.05, 4.69) is 48.5 Å². The molecular weight excluding hydrogens is 252 g/mol. The summed E-state index contributed by atoms with van der Waals surface area (Å²) in [6.07, 6.45) is 3.88. The lowest BCUT2D eigenvalue weighted by molar-refractivity contribution is 0.109. The van der Waals surface area contributed by atoms with Crippen molar-refractivity contribution in [1.29, 1.82) is 0 Å². The van der Waals surface area contributed by atoms with Crippen LogP contribution in [-0.4, -0.2) is 30.1 Å². The molecule has 2 rings (SSSR count). The van der Waals surface area contributed by atoms with Crippen LogP contribution in [0.2, 0.25) is 0 Å². The van der Waals surface area contributed by atoms with Gasteiger partial charge in [0.25, 0.3) is 0 Å². The molecule has 0 amide bonds. The molecule has 2 unspecified atom stereocenters. The molecule has 2 heterocycles. The Kier molecular flexibility index (Phi) is 5.86. The van der Waals surface area contributed by atoms with Gasteiger partial charge in [-0.2, -0.15) is 0 Å². The van der Waals surface area contributed by atoms with Crippen molar-refractivity contribution in [3.8, 4) is 0 Å². The Balaban J connectivity index is 1.95. The third-order valence-electron chi connectivity index (χ3n) is 3.93. The summed E-state index contributed by atoms with van der Waals surface area (Å²) in [5.74, 6) is 0.781. The highest BCUT2D eigenvalue weighted by molar-refractivity contribution is 7.09. The molecule has 1 aromatic heterocycles. The van der Waals surface area contributed by atoms with E-state index in [0.717, 1.165) is 25.0 Å². The average molecular weight is 280 g/mol. The summed E-state index contributed by atoms with van der Waals surface area (Å²) < 4.78 is 0. The minimum Gasteiger partial charge on any atom is -0.311 e. The number of thiophene rings is 1. The van der Waals surface area contributed by atoms with Crippen LogP contribution < -0.4 is 5.32 Å². The lowest BCUT2D eigenvalue weighted by Crippen LogP contribution is -2.56. The fourth-order valence-corrected chi connectivity index (χ4v) is 3.80. The van der Waals surface area contributed by atoms with E-state index in [9.17, 15) is 0 Å². The van der Waals surface area contributed by atoms with Crippen molar-refractivity contribution in [2.24, 2.45) is 5.92 Å². The van der Waals surface area contributed by atoms with Crippen molar-refractivity contribution in [2.45, 2.75) is 58.7 Å². The highest BCUT2D eigenvalue weighted by Crippen LogP contribution is 2.20. The first-order valence-electron chi connectivity index (χ1n) is 7.68. The molecule has 0 bridgehead atoms. The molecule has 1 fully saturated rings. The van der Waals surface area contributed by atoms with Crippen LogP contribution in [0, 0.1) is 5.92 Å². The van der Waals surface area contributed by atoms with E-state index in [1.165, 1.54) is 30.7 Å². The molecule has 0 aromatic carbocycles. The maximum Gasteiger partial charge on any atom is 0.0332 e. The zero-order valence-corrected chi connectivity index (χ0v) is 13.4. The Bertz CT molecular complexity index is 348. The zero-order chi connectivity index (χ0) is 13.7. The molecule has 0 aliphatic carbocycles. The van der Waals surface area contributed by atoms with Crippen molar-refractivity contribution in [2.75, 3.05) is 13.1 Å². The number of nitrogens with zero attached hydrogens (tertiary/aromatic N) is 1. The highest BCUT2D eigenvalue weighted by atomic mass is 32.1. The molecule has 1 aliphatic rings. The summed E-state index contributed by atoms with van der Waals surface area (Å²) in [7, 11) is 0. The van der Waals surface area contributed by atoms with E-state index in [1.807, 2.05) is 11.3 Å². The van der Waals surface area contributed by atoms with Crippen LogP contribution in [0.15, 0.2) is 17.5 Å². The van der Waals surface area contributed by atoms with Crippen LogP contribution in [0.4, 0.5) is 0 Å². The Hall–Kier alpha value is -0.380. The number of rotatable bonds is 6. The number of hydrogen-bond acceptors (Lipinski definition) is 3. The zero-order valence-electron chi connectivity index (χ0n) is 12.6. The molecule has 2 atom stereocenters. The monoisotopic (exact) mass is 280 g/mol. The van der Waals surface area contributed by atoms with E-state index >= 15 is 0 Å². The van der Waals surface area contributed by atoms with Gasteiger partial charge in [0.05, 0.1) is 0 Å². The van der Waals surface area contributed by atoms with Crippen molar-refractivity contribution in [1.82, 2.24) is 10.2 Å². The minimum absolute atomic E-state index is 0.674.